The van der Waals surface area contributed by atoms with E-state index in [1.54, 1.807) is 18.2 Å². The molecule has 0 spiro atoms. The molecule has 0 aliphatic carbocycles. The van der Waals surface area contributed by atoms with Crippen LogP contribution in [0.15, 0.2) is 24.3 Å². The average molecular weight is 298 g/mol. The molecule has 1 aliphatic heterocycles. The van der Waals surface area contributed by atoms with Crippen molar-refractivity contribution in [2.24, 2.45) is 0 Å². The van der Waals surface area contributed by atoms with Gasteiger partial charge in [-0.1, -0.05) is 17.7 Å². The summed E-state index contributed by atoms with van der Waals surface area (Å²) in [7, 11) is 2.07. The van der Waals surface area contributed by atoms with Gasteiger partial charge in [-0.3, -0.25) is 4.79 Å². The van der Waals surface area contributed by atoms with Crippen molar-refractivity contribution in [1.29, 1.82) is 0 Å². The third-order valence-corrected chi connectivity index (χ3v) is 3.34. The number of carbonyl (C=O) groups excluding carboxylic acids is 1. The normalized spacial score (nSPS) is 19.8. The van der Waals surface area contributed by atoms with Gasteiger partial charge in [-0.05, 0) is 25.2 Å². The molecule has 0 aromatic heterocycles. The van der Waals surface area contributed by atoms with E-state index in [0.29, 0.717) is 17.3 Å². The van der Waals surface area contributed by atoms with E-state index >= 15 is 0 Å². The summed E-state index contributed by atoms with van der Waals surface area (Å²) in [6, 6.07) is 7.10. The summed E-state index contributed by atoms with van der Waals surface area (Å²) in [4.78, 5) is 14.0. The standard InChI is InChI=1S/C14H20ClN3O2/c1-18-5-6-20-13(10-18)8-16-9-14(19)17-12-4-2-3-11(15)7-12/h2-4,7,13,16H,5-6,8-10H2,1H3,(H,17,19). The smallest absolute Gasteiger partial charge is 0.238 e. The molecule has 1 unspecified atom stereocenters. The Morgan fingerprint density at radius 3 is 3.15 bits per heavy atom. The molecule has 1 heterocycles. The van der Waals surface area contributed by atoms with Crippen molar-refractivity contribution in [2.45, 2.75) is 6.10 Å². The number of hydrogen-bond donors (Lipinski definition) is 2. The summed E-state index contributed by atoms with van der Waals surface area (Å²) in [5, 5.41) is 6.51. The minimum Gasteiger partial charge on any atom is -0.374 e. The van der Waals surface area contributed by atoms with Crippen LogP contribution in [0.3, 0.4) is 0 Å². The van der Waals surface area contributed by atoms with Crippen molar-refractivity contribution >= 4 is 23.2 Å². The lowest BCUT2D eigenvalue weighted by atomic mass is 10.3. The predicted molar refractivity (Wildman–Crippen MR) is 80.2 cm³/mol. The van der Waals surface area contributed by atoms with E-state index in [4.69, 9.17) is 16.3 Å². The summed E-state index contributed by atoms with van der Waals surface area (Å²) < 4.78 is 5.61. The Kier molecular flexibility index (Phi) is 5.79. The van der Waals surface area contributed by atoms with Crippen LogP contribution in [0, 0.1) is 0 Å². The second-order valence-corrected chi connectivity index (χ2v) is 5.38. The number of nitrogens with zero attached hydrogens (tertiary/aromatic N) is 1. The summed E-state index contributed by atoms with van der Waals surface area (Å²) in [6.45, 7) is 3.54. The lowest BCUT2D eigenvalue weighted by molar-refractivity contribution is -0.115. The van der Waals surface area contributed by atoms with Gasteiger partial charge < -0.3 is 20.3 Å². The second kappa shape index (κ2) is 7.59. The molecule has 110 valence electrons. The van der Waals surface area contributed by atoms with Crippen LogP contribution < -0.4 is 10.6 Å². The molecule has 1 atom stereocenters. The molecule has 0 bridgehead atoms. The Labute approximate surface area is 124 Å². The Hall–Kier alpha value is -1.14. The highest BCUT2D eigenvalue weighted by Crippen LogP contribution is 2.14. The zero-order valence-corrected chi connectivity index (χ0v) is 12.3. The summed E-state index contributed by atoms with van der Waals surface area (Å²) in [5.74, 6) is -0.0866. The Morgan fingerprint density at radius 1 is 1.55 bits per heavy atom. The van der Waals surface area contributed by atoms with Gasteiger partial charge >= 0.3 is 0 Å². The SMILES string of the molecule is CN1CCOC(CNCC(=O)Nc2cccc(Cl)c2)C1. The second-order valence-electron chi connectivity index (χ2n) is 4.94. The van der Waals surface area contributed by atoms with E-state index < -0.39 is 0 Å². The maximum absolute atomic E-state index is 11.8. The Balaban J connectivity index is 1.67. The van der Waals surface area contributed by atoms with Gasteiger partial charge in [0.25, 0.3) is 0 Å². The van der Waals surface area contributed by atoms with Gasteiger partial charge in [-0.2, -0.15) is 0 Å². The monoisotopic (exact) mass is 297 g/mol. The van der Waals surface area contributed by atoms with Gasteiger partial charge in [-0.15, -0.1) is 0 Å². The fourth-order valence-corrected chi connectivity index (χ4v) is 2.30. The first-order valence-corrected chi connectivity index (χ1v) is 7.07. The molecular formula is C14H20ClN3O2. The van der Waals surface area contributed by atoms with Crippen molar-refractivity contribution < 1.29 is 9.53 Å². The number of rotatable bonds is 5. The number of carbonyl (C=O) groups is 1. The van der Waals surface area contributed by atoms with E-state index in [2.05, 4.69) is 22.6 Å². The number of benzene rings is 1. The Morgan fingerprint density at radius 2 is 2.40 bits per heavy atom. The molecule has 1 fully saturated rings. The molecule has 1 amide bonds. The Bertz CT molecular complexity index is 456. The fraction of sp³-hybridized carbons (Fsp3) is 0.500. The van der Waals surface area contributed by atoms with Crippen LogP contribution in [0.5, 0.6) is 0 Å². The highest BCUT2D eigenvalue weighted by molar-refractivity contribution is 6.30. The van der Waals surface area contributed by atoms with Crippen molar-refractivity contribution in [3.05, 3.63) is 29.3 Å². The molecular weight excluding hydrogens is 278 g/mol. The van der Waals surface area contributed by atoms with Crippen molar-refractivity contribution in [1.82, 2.24) is 10.2 Å². The zero-order chi connectivity index (χ0) is 14.4. The number of morpholine rings is 1. The summed E-state index contributed by atoms with van der Waals surface area (Å²) in [6.07, 6.45) is 0.146. The van der Waals surface area contributed by atoms with E-state index in [0.717, 1.165) is 19.7 Å². The zero-order valence-electron chi connectivity index (χ0n) is 11.6. The number of ether oxygens (including phenoxy) is 1. The summed E-state index contributed by atoms with van der Waals surface area (Å²) in [5.41, 5.74) is 0.706. The fourth-order valence-electron chi connectivity index (χ4n) is 2.11. The molecule has 1 saturated heterocycles. The van der Waals surface area contributed by atoms with Crippen LogP contribution in [0.25, 0.3) is 0 Å². The van der Waals surface area contributed by atoms with Crippen molar-refractivity contribution in [2.75, 3.05) is 45.2 Å². The number of anilines is 1. The van der Waals surface area contributed by atoms with Crippen LogP contribution in [-0.2, 0) is 9.53 Å². The van der Waals surface area contributed by atoms with Gasteiger partial charge in [-0.25, -0.2) is 0 Å². The molecule has 1 aromatic carbocycles. The number of halogens is 1. The lowest BCUT2D eigenvalue weighted by Crippen LogP contribution is -2.45. The minimum absolute atomic E-state index is 0.0866. The van der Waals surface area contributed by atoms with E-state index in [1.165, 1.54) is 0 Å². The number of amides is 1. The first-order valence-electron chi connectivity index (χ1n) is 6.70. The van der Waals surface area contributed by atoms with Gasteiger partial charge in [0.15, 0.2) is 0 Å². The van der Waals surface area contributed by atoms with Gasteiger partial charge in [0.1, 0.15) is 0 Å². The molecule has 6 heteroatoms. The average Bonchev–Trinajstić information content (AvgIpc) is 2.38. The van der Waals surface area contributed by atoms with Crippen molar-refractivity contribution in [3.63, 3.8) is 0 Å². The maximum Gasteiger partial charge on any atom is 0.238 e. The van der Waals surface area contributed by atoms with Crippen LogP contribution >= 0.6 is 11.6 Å². The number of likely N-dealkylation sites (N-methyl/N-ethyl adjacent to an activating group) is 1. The predicted octanol–water partition coefficient (Wildman–Crippen LogP) is 1.20. The molecule has 5 nitrogen and oxygen atoms in total. The van der Waals surface area contributed by atoms with Gasteiger partial charge in [0, 0.05) is 30.3 Å². The van der Waals surface area contributed by atoms with E-state index in [-0.39, 0.29) is 18.6 Å². The minimum atomic E-state index is -0.0866. The molecule has 1 aromatic rings. The maximum atomic E-state index is 11.8. The van der Waals surface area contributed by atoms with Gasteiger partial charge in [0.2, 0.25) is 5.91 Å². The molecule has 0 radical (unpaired) electrons. The largest absolute Gasteiger partial charge is 0.374 e. The van der Waals surface area contributed by atoms with E-state index in [1.807, 2.05) is 6.07 Å². The third-order valence-electron chi connectivity index (χ3n) is 3.11. The first-order chi connectivity index (χ1) is 9.63. The van der Waals surface area contributed by atoms with Gasteiger partial charge in [0.05, 0.1) is 19.3 Å². The van der Waals surface area contributed by atoms with Crippen molar-refractivity contribution in [3.8, 4) is 0 Å². The quantitative estimate of drug-likeness (QED) is 0.857. The summed E-state index contributed by atoms with van der Waals surface area (Å²) >= 11 is 5.86. The third kappa shape index (κ3) is 5.09. The molecule has 1 aliphatic rings. The number of hydrogen-bond acceptors (Lipinski definition) is 4. The molecule has 0 saturated carbocycles. The first kappa shape index (κ1) is 15.3. The number of nitrogens with one attached hydrogen (secondary N) is 2. The van der Waals surface area contributed by atoms with Crippen LogP contribution in [0.1, 0.15) is 0 Å². The topological polar surface area (TPSA) is 53.6 Å². The van der Waals surface area contributed by atoms with Crippen LogP contribution in [-0.4, -0.2) is 56.7 Å². The molecule has 2 rings (SSSR count). The highest BCUT2D eigenvalue weighted by atomic mass is 35.5. The van der Waals surface area contributed by atoms with Crippen LogP contribution in [0.4, 0.5) is 5.69 Å². The lowest BCUT2D eigenvalue weighted by Gasteiger charge is -2.30. The van der Waals surface area contributed by atoms with E-state index in [9.17, 15) is 4.79 Å². The van der Waals surface area contributed by atoms with Crippen LogP contribution in [0.2, 0.25) is 5.02 Å². The molecule has 2 N–H and O–H groups in total. The molecule has 20 heavy (non-hydrogen) atoms. The highest BCUT2D eigenvalue weighted by Gasteiger charge is 2.17.